The summed E-state index contributed by atoms with van der Waals surface area (Å²) in [5.41, 5.74) is 5.16. The van der Waals surface area contributed by atoms with Gasteiger partial charge in [-0.1, -0.05) is 0 Å². The van der Waals surface area contributed by atoms with E-state index in [4.69, 9.17) is 15.9 Å². The summed E-state index contributed by atoms with van der Waals surface area (Å²) >= 11 is 0. The lowest BCUT2D eigenvalue weighted by Crippen LogP contribution is -2.16. The number of phenolic OH excluding ortho intramolecular Hbond substituents is 1. The Balaban J connectivity index is 3.35. The van der Waals surface area contributed by atoms with Crippen LogP contribution in [0.4, 0.5) is 8.78 Å². The van der Waals surface area contributed by atoms with Gasteiger partial charge in [0.15, 0.2) is 17.3 Å². The van der Waals surface area contributed by atoms with Gasteiger partial charge in [0.05, 0.1) is 19.8 Å². The Labute approximate surface area is 84.9 Å². The van der Waals surface area contributed by atoms with E-state index in [-0.39, 0.29) is 11.3 Å². The maximum atomic E-state index is 13.3. The first-order valence-electron chi connectivity index (χ1n) is 4.14. The summed E-state index contributed by atoms with van der Waals surface area (Å²) in [5.74, 6) is -3.86. The van der Waals surface area contributed by atoms with Gasteiger partial charge in [-0.2, -0.15) is 4.39 Å². The van der Waals surface area contributed by atoms with Gasteiger partial charge < -0.3 is 20.7 Å². The molecule has 0 saturated heterocycles. The molecule has 0 spiro atoms. The molecule has 1 aromatic carbocycles. The Morgan fingerprint density at radius 1 is 1.47 bits per heavy atom. The molecular weight excluding hydrogens is 208 g/mol. The number of aliphatic hydroxyl groups excluding tert-OH is 1. The fourth-order valence-corrected chi connectivity index (χ4v) is 1.13. The average Bonchev–Trinajstić information content (AvgIpc) is 2.25. The van der Waals surface area contributed by atoms with Crippen LogP contribution < -0.4 is 10.5 Å². The number of halogens is 2. The topological polar surface area (TPSA) is 75.7 Å². The molecule has 0 aliphatic heterocycles. The third-order valence-electron chi connectivity index (χ3n) is 1.99. The van der Waals surface area contributed by atoms with Crippen LogP contribution in [-0.4, -0.2) is 23.9 Å². The van der Waals surface area contributed by atoms with Crippen molar-refractivity contribution >= 4 is 0 Å². The van der Waals surface area contributed by atoms with Gasteiger partial charge >= 0.3 is 0 Å². The van der Waals surface area contributed by atoms with Crippen molar-refractivity contribution in [2.24, 2.45) is 5.73 Å². The van der Waals surface area contributed by atoms with E-state index in [1.807, 2.05) is 0 Å². The van der Waals surface area contributed by atoms with Crippen LogP contribution >= 0.6 is 0 Å². The van der Waals surface area contributed by atoms with Gasteiger partial charge in [-0.15, -0.1) is 0 Å². The summed E-state index contributed by atoms with van der Waals surface area (Å²) < 4.78 is 30.9. The van der Waals surface area contributed by atoms with Crippen molar-refractivity contribution in [3.8, 4) is 11.5 Å². The van der Waals surface area contributed by atoms with Gasteiger partial charge in [0.1, 0.15) is 0 Å². The molecule has 4 N–H and O–H groups in total. The number of aromatic hydroxyl groups is 1. The predicted octanol–water partition coefficient (Wildman–Crippen LogP) is 0.671. The molecule has 1 aromatic rings. The maximum absolute atomic E-state index is 13.3. The number of benzene rings is 1. The van der Waals surface area contributed by atoms with E-state index < -0.39 is 30.0 Å². The van der Waals surface area contributed by atoms with Crippen molar-refractivity contribution in [2.75, 3.05) is 13.7 Å². The molecule has 1 unspecified atom stereocenters. The molecule has 0 aliphatic carbocycles. The number of hydrogen-bond acceptors (Lipinski definition) is 4. The number of aliphatic hydroxyl groups is 1. The van der Waals surface area contributed by atoms with Crippen molar-refractivity contribution < 1.29 is 23.7 Å². The largest absolute Gasteiger partial charge is 0.503 e. The lowest BCUT2D eigenvalue weighted by Gasteiger charge is -2.13. The molecule has 0 saturated carbocycles. The smallest absolute Gasteiger partial charge is 0.209 e. The highest BCUT2D eigenvalue weighted by Crippen LogP contribution is 2.33. The second kappa shape index (κ2) is 4.41. The lowest BCUT2D eigenvalue weighted by atomic mass is 10.1. The van der Waals surface area contributed by atoms with E-state index in [1.54, 1.807) is 0 Å². The molecule has 84 valence electrons. The molecule has 0 aromatic heterocycles. The van der Waals surface area contributed by atoms with Crippen LogP contribution in [0, 0.1) is 11.6 Å². The molecule has 0 aliphatic rings. The Bertz CT molecular complexity index is 371. The van der Waals surface area contributed by atoms with Gasteiger partial charge in [-0.25, -0.2) is 4.39 Å². The quantitative estimate of drug-likeness (QED) is 0.698. The van der Waals surface area contributed by atoms with E-state index in [0.717, 1.165) is 6.07 Å². The van der Waals surface area contributed by atoms with Crippen molar-refractivity contribution in [3.63, 3.8) is 0 Å². The highest BCUT2D eigenvalue weighted by Gasteiger charge is 2.21. The maximum Gasteiger partial charge on any atom is 0.209 e. The summed E-state index contributed by atoms with van der Waals surface area (Å²) in [5, 5.41) is 17.8. The molecule has 6 heteroatoms. The lowest BCUT2D eigenvalue weighted by molar-refractivity contribution is 0.262. The first-order chi connectivity index (χ1) is 7.02. The molecule has 1 atom stereocenters. The summed E-state index contributed by atoms with van der Waals surface area (Å²) in [6, 6.07) is -0.0314. The van der Waals surface area contributed by atoms with E-state index in [2.05, 4.69) is 4.74 Å². The van der Waals surface area contributed by atoms with Crippen LogP contribution in [0.5, 0.6) is 11.5 Å². The highest BCUT2D eigenvalue weighted by molar-refractivity contribution is 5.42. The van der Waals surface area contributed by atoms with Crippen molar-refractivity contribution in [1.29, 1.82) is 0 Å². The fraction of sp³-hybridized carbons (Fsp3) is 0.333. The number of methoxy groups -OCH3 is 1. The van der Waals surface area contributed by atoms with E-state index in [9.17, 15) is 8.78 Å². The zero-order valence-corrected chi connectivity index (χ0v) is 8.00. The second-order valence-electron chi connectivity index (χ2n) is 2.93. The van der Waals surface area contributed by atoms with Crippen molar-refractivity contribution in [2.45, 2.75) is 6.04 Å². The van der Waals surface area contributed by atoms with Gasteiger partial charge in [-0.3, -0.25) is 0 Å². The molecule has 4 nitrogen and oxygen atoms in total. The molecule has 1 rings (SSSR count). The van der Waals surface area contributed by atoms with Gasteiger partial charge in [0.25, 0.3) is 0 Å². The minimum atomic E-state index is -1.19. The van der Waals surface area contributed by atoms with Gasteiger partial charge in [0.2, 0.25) is 5.82 Å². The van der Waals surface area contributed by atoms with Crippen LogP contribution in [0.15, 0.2) is 6.07 Å². The zero-order valence-electron chi connectivity index (χ0n) is 8.00. The molecule has 0 heterocycles. The molecule has 0 bridgehead atoms. The van der Waals surface area contributed by atoms with Crippen LogP contribution in [-0.2, 0) is 0 Å². The standard InChI is InChI=1S/C9H11F2NO3/c1-15-6-2-4(5(12)3-13)7(10)9(14)8(6)11/h2,5,13-14H,3,12H2,1H3. The number of ether oxygens (including phenoxy) is 1. The van der Waals surface area contributed by atoms with E-state index >= 15 is 0 Å². The van der Waals surface area contributed by atoms with Crippen molar-refractivity contribution in [1.82, 2.24) is 0 Å². The van der Waals surface area contributed by atoms with Crippen molar-refractivity contribution in [3.05, 3.63) is 23.3 Å². The summed E-state index contributed by atoms with van der Waals surface area (Å²) in [6.07, 6.45) is 0. The Kier molecular flexibility index (Phi) is 3.43. The predicted molar refractivity (Wildman–Crippen MR) is 48.6 cm³/mol. The first-order valence-corrected chi connectivity index (χ1v) is 4.14. The van der Waals surface area contributed by atoms with E-state index in [0.29, 0.717) is 0 Å². The summed E-state index contributed by atoms with van der Waals surface area (Å²) in [4.78, 5) is 0. The number of rotatable bonds is 3. The third kappa shape index (κ3) is 2.00. The van der Waals surface area contributed by atoms with E-state index in [1.165, 1.54) is 7.11 Å². The monoisotopic (exact) mass is 219 g/mol. The molecule has 0 radical (unpaired) electrons. The Hall–Kier alpha value is -1.40. The minimum Gasteiger partial charge on any atom is -0.503 e. The van der Waals surface area contributed by atoms with Crippen LogP contribution in [0.1, 0.15) is 11.6 Å². The highest BCUT2D eigenvalue weighted by atomic mass is 19.1. The minimum absolute atomic E-state index is 0.201. The molecule has 15 heavy (non-hydrogen) atoms. The first kappa shape index (κ1) is 11.7. The molecular formula is C9H11F2NO3. The van der Waals surface area contributed by atoms with Crippen LogP contribution in [0.25, 0.3) is 0 Å². The zero-order chi connectivity index (χ0) is 11.6. The second-order valence-corrected chi connectivity index (χ2v) is 2.93. The van der Waals surface area contributed by atoms with Crippen LogP contribution in [0.2, 0.25) is 0 Å². The Morgan fingerprint density at radius 2 is 2.07 bits per heavy atom. The van der Waals surface area contributed by atoms with Gasteiger partial charge in [-0.05, 0) is 6.07 Å². The summed E-state index contributed by atoms with van der Waals surface area (Å²) in [7, 11) is 1.17. The van der Waals surface area contributed by atoms with Gasteiger partial charge in [0, 0.05) is 5.56 Å². The fourth-order valence-electron chi connectivity index (χ4n) is 1.13. The molecule has 0 fully saturated rings. The summed E-state index contributed by atoms with van der Waals surface area (Å²) in [6.45, 7) is -0.523. The average molecular weight is 219 g/mol. The SMILES string of the molecule is COc1cc(C(N)CO)c(F)c(O)c1F. The number of nitrogens with two attached hydrogens (primary N) is 1. The van der Waals surface area contributed by atoms with Crippen LogP contribution in [0.3, 0.4) is 0 Å². The number of hydrogen-bond donors (Lipinski definition) is 3. The number of phenols is 1. The molecule has 0 amide bonds. The normalized spacial score (nSPS) is 12.6. The third-order valence-corrected chi connectivity index (χ3v) is 1.99. The Morgan fingerprint density at radius 3 is 2.53 bits per heavy atom.